The molecule has 1 N–H and O–H groups in total. The van der Waals surface area contributed by atoms with E-state index in [2.05, 4.69) is 6.92 Å². The molecule has 0 heterocycles. The molecule has 0 saturated heterocycles. The second kappa shape index (κ2) is 7.96. The van der Waals surface area contributed by atoms with Crippen molar-refractivity contribution in [3.63, 3.8) is 0 Å². The van der Waals surface area contributed by atoms with Crippen LogP contribution in [0.2, 0.25) is 0 Å². The standard InChI is InChI=1S/C8H18O/c1-2-3-4-5-6-7-8-9/h9H,2-8H2,1H3/i7D. The van der Waals surface area contributed by atoms with E-state index in [-0.39, 0.29) is 13.0 Å². The van der Waals surface area contributed by atoms with Gasteiger partial charge >= 0.3 is 0 Å². The molecule has 1 atom stereocenters. The van der Waals surface area contributed by atoms with Crippen LogP contribution in [-0.2, 0) is 0 Å². The summed E-state index contributed by atoms with van der Waals surface area (Å²) in [5.41, 5.74) is 0. The first-order chi connectivity index (χ1) is 4.81. The van der Waals surface area contributed by atoms with Gasteiger partial charge in [0, 0.05) is 7.98 Å². The first-order valence-electron chi connectivity index (χ1n) is 4.42. The summed E-state index contributed by atoms with van der Waals surface area (Å²) in [6, 6.07) is 0. The molecule has 0 saturated carbocycles. The molecule has 0 bridgehead atoms. The van der Waals surface area contributed by atoms with Gasteiger partial charge in [0.2, 0.25) is 0 Å². The number of unbranched alkanes of at least 4 members (excludes halogenated alkanes) is 3. The first-order valence-corrected chi connectivity index (χ1v) is 3.84. The average molecular weight is 131 g/mol. The predicted molar refractivity (Wildman–Crippen MR) is 40.5 cm³/mol. The fourth-order valence-electron chi connectivity index (χ4n) is 0.807. The van der Waals surface area contributed by atoms with Crippen LogP contribution in [0.1, 0.15) is 46.8 Å². The number of hydrogen-bond acceptors (Lipinski definition) is 1. The van der Waals surface area contributed by atoms with E-state index in [1.165, 1.54) is 19.3 Å². The Morgan fingerprint density at radius 2 is 1.89 bits per heavy atom. The van der Waals surface area contributed by atoms with Gasteiger partial charge in [-0.1, -0.05) is 39.0 Å². The predicted octanol–water partition coefficient (Wildman–Crippen LogP) is 2.34. The van der Waals surface area contributed by atoms with Gasteiger partial charge in [0.25, 0.3) is 0 Å². The van der Waals surface area contributed by atoms with Crippen molar-refractivity contribution >= 4 is 0 Å². The summed E-state index contributed by atoms with van der Waals surface area (Å²) in [6.07, 6.45) is 5.43. The summed E-state index contributed by atoms with van der Waals surface area (Å²) >= 11 is 0. The van der Waals surface area contributed by atoms with E-state index in [4.69, 9.17) is 6.48 Å². The van der Waals surface area contributed by atoms with Crippen LogP contribution in [0.5, 0.6) is 0 Å². The molecule has 0 aliphatic heterocycles. The molecule has 0 aromatic rings. The van der Waals surface area contributed by atoms with Crippen molar-refractivity contribution in [1.82, 2.24) is 0 Å². The average Bonchev–Trinajstić information content (AvgIpc) is 1.98. The van der Waals surface area contributed by atoms with Gasteiger partial charge in [-0.25, -0.2) is 0 Å². The Kier molecular flexibility index (Phi) is 6.25. The molecular weight excluding hydrogens is 112 g/mol. The highest BCUT2D eigenvalue weighted by molar-refractivity contribution is 4.41. The lowest BCUT2D eigenvalue weighted by molar-refractivity contribution is 0.282. The van der Waals surface area contributed by atoms with Crippen molar-refractivity contribution in [3.8, 4) is 0 Å². The van der Waals surface area contributed by atoms with E-state index < -0.39 is 0 Å². The van der Waals surface area contributed by atoms with E-state index in [0.717, 1.165) is 12.8 Å². The van der Waals surface area contributed by atoms with Gasteiger partial charge in [-0.05, 0) is 6.40 Å². The summed E-state index contributed by atoms with van der Waals surface area (Å²) < 4.78 is 7.21. The normalized spacial score (nSPS) is 15.1. The smallest absolute Gasteiger partial charge is 0.0431 e. The number of aliphatic hydroxyl groups is 1. The van der Waals surface area contributed by atoms with E-state index in [0.29, 0.717) is 0 Å². The van der Waals surface area contributed by atoms with Gasteiger partial charge in [0.15, 0.2) is 0 Å². The summed E-state index contributed by atoms with van der Waals surface area (Å²) in [5, 5.41) is 8.50. The third-order valence-corrected chi connectivity index (χ3v) is 1.39. The van der Waals surface area contributed by atoms with Crippen molar-refractivity contribution in [2.24, 2.45) is 0 Å². The Bertz CT molecular complexity index is 66.3. The highest BCUT2D eigenvalue weighted by Crippen LogP contribution is 2.03. The Labute approximate surface area is 59.5 Å². The monoisotopic (exact) mass is 131 g/mol. The van der Waals surface area contributed by atoms with Gasteiger partial charge < -0.3 is 5.11 Å². The molecule has 0 radical (unpaired) electrons. The van der Waals surface area contributed by atoms with Crippen LogP contribution in [0.3, 0.4) is 0 Å². The second-order valence-corrected chi connectivity index (χ2v) is 2.32. The zero-order valence-electron chi connectivity index (χ0n) is 7.27. The minimum Gasteiger partial charge on any atom is -0.396 e. The summed E-state index contributed by atoms with van der Waals surface area (Å²) in [4.78, 5) is 0. The summed E-state index contributed by atoms with van der Waals surface area (Å²) in [5.74, 6) is 0. The molecule has 0 aromatic carbocycles. The molecule has 9 heavy (non-hydrogen) atoms. The highest BCUT2D eigenvalue weighted by atomic mass is 16.2. The number of aliphatic hydroxyl groups excluding tert-OH is 1. The Balaban J connectivity index is 2.89. The largest absolute Gasteiger partial charge is 0.396 e. The lowest BCUT2D eigenvalue weighted by Crippen LogP contribution is -1.82. The molecular formula is C8H18O. The maximum absolute atomic E-state index is 8.50. The van der Waals surface area contributed by atoms with Crippen molar-refractivity contribution in [1.29, 1.82) is 0 Å². The maximum atomic E-state index is 8.50. The van der Waals surface area contributed by atoms with Crippen LogP contribution in [0.25, 0.3) is 0 Å². The van der Waals surface area contributed by atoms with E-state index in [1.54, 1.807) is 0 Å². The van der Waals surface area contributed by atoms with Gasteiger partial charge in [0.05, 0.1) is 0 Å². The molecule has 0 spiro atoms. The van der Waals surface area contributed by atoms with Crippen LogP contribution >= 0.6 is 0 Å². The zero-order chi connectivity index (χ0) is 7.82. The topological polar surface area (TPSA) is 20.2 Å². The summed E-state index contributed by atoms with van der Waals surface area (Å²) in [7, 11) is 0. The molecule has 56 valence electrons. The SMILES string of the molecule is [2H]C(CO)CCCCCC. The van der Waals surface area contributed by atoms with Crippen LogP contribution < -0.4 is 0 Å². The van der Waals surface area contributed by atoms with Crippen LogP contribution in [0.15, 0.2) is 0 Å². The molecule has 0 amide bonds. The van der Waals surface area contributed by atoms with Gasteiger partial charge in [-0.3, -0.25) is 0 Å². The van der Waals surface area contributed by atoms with E-state index in [1.807, 2.05) is 0 Å². The quantitative estimate of drug-likeness (QED) is 0.548. The fourth-order valence-corrected chi connectivity index (χ4v) is 0.807. The Hall–Kier alpha value is -0.0400. The first kappa shape index (κ1) is 7.07. The molecule has 0 aliphatic rings. The van der Waals surface area contributed by atoms with Gasteiger partial charge in [-0.15, -0.1) is 0 Å². The lowest BCUT2D eigenvalue weighted by atomic mass is 10.1. The fraction of sp³-hybridized carbons (Fsp3) is 1.00. The molecule has 1 heteroatoms. The van der Waals surface area contributed by atoms with Crippen LogP contribution in [0.4, 0.5) is 0 Å². The number of rotatable bonds is 6. The van der Waals surface area contributed by atoms with E-state index >= 15 is 0 Å². The molecule has 0 rings (SSSR count). The van der Waals surface area contributed by atoms with Gasteiger partial charge in [0.1, 0.15) is 0 Å². The van der Waals surface area contributed by atoms with Crippen molar-refractivity contribution in [3.05, 3.63) is 0 Å². The Morgan fingerprint density at radius 1 is 1.22 bits per heavy atom. The van der Waals surface area contributed by atoms with Crippen LogP contribution in [0, 0.1) is 0 Å². The molecule has 0 aromatic heterocycles. The third-order valence-electron chi connectivity index (χ3n) is 1.39. The highest BCUT2D eigenvalue weighted by Gasteiger charge is 1.86. The minimum atomic E-state index is -0.239. The van der Waals surface area contributed by atoms with Crippen molar-refractivity contribution < 1.29 is 6.48 Å². The van der Waals surface area contributed by atoms with Crippen LogP contribution in [-0.4, -0.2) is 11.7 Å². The van der Waals surface area contributed by atoms with Gasteiger partial charge in [-0.2, -0.15) is 0 Å². The van der Waals surface area contributed by atoms with Crippen molar-refractivity contribution in [2.75, 3.05) is 6.61 Å². The number of hydrogen-bond donors (Lipinski definition) is 1. The summed E-state index contributed by atoms with van der Waals surface area (Å²) in [6.45, 7) is 2.19. The van der Waals surface area contributed by atoms with Crippen molar-refractivity contribution in [2.45, 2.75) is 45.4 Å². The Morgan fingerprint density at radius 3 is 2.44 bits per heavy atom. The molecule has 1 nitrogen and oxygen atoms in total. The molecule has 0 aliphatic carbocycles. The lowest BCUT2D eigenvalue weighted by Gasteiger charge is -1.95. The second-order valence-electron chi connectivity index (χ2n) is 2.32. The zero-order valence-corrected chi connectivity index (χ0v) is 6.27. The van der Waals surface area contributed by atoms with E-state index in [9.17, 15) is 0 Å². The maximum Gasteiger partial charge on any atom is 0.0431 e. The molecule has 1 unspecified atom stereocenters. The third kappa shape index (κ3) is 7.96. The minimum absolute atomic E-state index is 0.0200. The molecule has 0 fully saturated rings.